The second kappa shape index (κ2) is 6.29. The molecule has 7 heteroatoms. The van der Waals surface area contributed by atoms with Crippen LogP contribution in [-0.4, -0.2) is 20.4 Å². The van der Waals surface area contributed by atoms with E-state index < -0.39 is 0 Å². The van der Waals surface area contributed by atoms with E-state index in [1.54, 1.807) is 18.2 Å². The summed E-state index contributed by atoms with van der Waals surface area (Å²) in [6.07, 6.45) is 10.8. The third-order valence-electron chi connectivity index (χ3n) is 3.47. The minimum absolute atomic E-state index is 0.0829. The van der Waals surface area contributed by atoms with Crippen LogP contribution in [0.1, 0.15) is 30.3 Å². The van der Waals surface area contributed by atoms with E-state index in [1.165, 1.54) is 28.0 Å². The van der Waals surface area contributed by atoms with Gasteiger partial charge in [-0.25, -0.2) is 0 Å². The first-order valence-corrected chi connectivity index (χ1v) is 8.20. The molecule has 23 heavy (non-hydrogen) atoms. The van der Waals surface area contributed by atoms with E-state index >= 15 is 0 Å². The summed E-state index contributed by atoms with van der Waals surface area (Å²) in [4.78, 5) is 28.0. The zero-order valence-corrected chi connectivity index (χ0v) is 13.5. The Morgan fingerprint density at radius 1 is 1.26 bits per heavy atom. The highest BCUT2D eigenvalue weighted by molar-refractivity contribution is 7.16. The number of nitrogens with two attached hydrogens (primary N) is 1. The van der Waals surface area contributed by atoms with Gasteiger partial charge in [-0.05, 0) is 30.2 Å². The first-order valence-electron chi connectivity index (χ1n) is 7.38. The molecule has 0 aliphatic heterocycles. The Hall–Kier alpha value is -2.54. The molecule has 2 aromatic heterocycles. The van der Waals surface area contributed by atoms with Crippen LogP contribution in [0.5, 0.6) is 0 Å². The lowest BCUT2D eigenvalue weighted by molar-refractivity contribution is -0.110. The summed E-state index contributed by atoms with van der Waals surface area (Å²) in [5, 5.41) is 5.36. The van der Waals surface area contributed by atoms with Gasteiger partial charge in [0, 0.05) is 6.42 Å². The molecule has 0 aromatic carbocycles. The van der Waals surface area contributed by atoms with Crippen molar-refractivity contribution in [2.24, 2.45) is 0 Å². The summed E-state index contributed by atoms with van der Waals surface area (Å²) < 4.78 is 1.52. The van der Waals surface area contributed by atoms with Gasteiger partial charge in [0.2, 0.25) is 4.96 Å². The zero-order chi connectivity index (χ0) is 16.4. The second-order valence-electron chi connectivity index (χ2n) is 5.22. The molecule has 1 aliphatic rings. The van der Waals surface area contributed by atoms with Crippen molar-refractivity contribution in [2.75, 3.05) is 5.73 Å². The number of nitrogen functional groups attached to an aromatic ring is 1. The molecule has 2 aromatic rings. The van der Waals surface area contributed by atoms with Crippen molar-refractivity contribution in [2.45, 2.75) is 26.2 Å². The predicted molar refractivity (Wildman–Crippen MR) is 91.4 cm³/mol. The summed E-state index contributed by atoms with van der Waals surface area (Å²) in [6, 6.07) is 0. The van der Waals surface area contributed by atoms with E-state index in [0.29, 0.717) is 4.96 Å². The fourth-order valence-corrected chi connectivity index (χ4v) is 3.15. The van der Waals surface area contributed by atoms with Crippen molar-refractivity contribution < 1.29 is 4.79 Å². The molecule has 6 nitrogen and oxygen atoms in total. The molecule has 3 rings (SSSR count). The normalized spacial score (nSPS) is 14.0. The number of unbranched alkanes of at least 4 members (excludes halogenated alkanes) is 1. The second-order valence-corrected chi connectivity index (χ2v) is 6.26. The number of anilines is 1. The van der Waals surface area contributed by atoms with Crippen LogP contribution in [0.2, 0.25) is 0 Å². The number of ketones is 1. The Morgan fingerprint density at radius 2 is 2.00 bits per heavy atom. The average molecular weight is 328 g/mol. The van der Waals surface area contributed by atoms with Crippen molar-refractivity contribution in [3.63, 3.8) is 0 Å². The van der Waals surface area contributed by atoms with Gasteiger partial charge in [-0.3, -0.25) is 9.59 Å². The van der Waals surface area contributed by atoms with Crippen LogP contribution >= 0.6 is 11.3 Å². The highest BCUT2D eigenvalue weighted by Gasteiger charge is 2.13. The van der Waals surface area contributed by atoms with E-state index in [9.17, 15) is 9.59 Å². The first-order chi connectivity index (χ1) is 11.1. The Labute approximate surface area is 136 Å². The third-order valence-corrected chi connectivity index (χ3v) is 4.44. The molecule has 0 bridgehead atoms. The minimum Gasteiger partial charge on any atom is -0.383 e. The van der Waals surface area contributed by atoms with Gasteiger partial charge in [0.1, 0.15) is 10.8 Å². The van der Waals surface area contributed by atoms with Gasteiger partial charge >= 0.3 is 0 Å². The highest BCUT2D eigenvalue weighted by atomic mass is 32.1. The molecule has 2 heterocycles. The van der Waals surface area contributed by atoms with Crippen LogP contribution in [0.25, 0.3) is 11.0 Å². The van der Waals surface area contributed by atoms with Crippen LogP contribution in [0.3, 0.4) is 0 Å². The Bertz CT molecular complexity index is 900. The molecule has 0 fully saturated rings. The fourth-order valence-electron chi connectivity index (χ4n) is 2.22. The van der Waals surface area contributed by atoms with Gasteiger partial charge in [-0.15, -0.1) is 0 Å². The largest absolute Gasteiger partial charge is 0.383 e. The topological polar surface area (TPSA) is 90.4 Å². The number of carbonyl (C=O) groups excluding carboxylic acids is 1. The maximum atomic E-state index is 12.2. The molecule has 0 unspecified atom stereocenters. The quantitative estimate of drug-likeness (QED) is 0.928. The van der Waals surface area contributed by atoms with Gasteiger partial charge in [0.25, 0.3) is 5.56 Å². The molecular weight excluding hydrogens is 312 g/mol. The fraction of sp³-hybridized carbons (Fsp3) is 0.250. The van der Waals surface area contributed by atoms with Crippen molar-refractivity contribution in [3.8, 4) is 0 Å². The third kappa shape index (κ3) is 3.14. The van der Waals surface area contributed by atoms with E-state index in [0.717, 1.165) is 29.8 Å². The number of allylic oxidation sites excluding steroid dienone is 5. The number of hydrogen-bond acceptors (Lipinski definition) is 6. The van der Waals surface area contributed by atoms with Crippen molar-refractivity contribution in [3.05, 3.63) is 50.8 Å². The monoisotopic (exact) mass is 328 g/mol. The van der Waals surface area contributed by atoms with Gasteiger partial charge < -0.3 is 5.73 Å². The van der Waals surface area contributed by atoms with Crippen molar-refractivity contribution >= 4 is 34.0 Å². The molecular formula is C16H16N4O2S. The number of nitrogens with zero attached hydrogens (tertiary/aromatic N) is 3. The Morgan fingerprint density at radius 3 is 2.70 bits per heavy atom. The summed E-state index contributed by atoms with van der Waals surface area (Å²) in [5.74, 6) is 0.186. The average Bonchev–Trinajstić information content (AvgIpc) is 2.94. The van der Waals surface area contributed by atoms with Crippen LogP contribution in [-0.2, 0) is 11.2 Å². The Kier molecular flexibility index (Phi) is 4.20. The maximum Gasteiger partial charge on any atom is 0.283 e. The lowest BCUT2D eigenvalue weighted by Crippen LogP contribution is -2.16. The summed E-state index contributed by atoms with van der Waals surface area (Å²) in [6.45, 7) is 2.11. The van der Waals surface area contributed by atoms with Gasteiger partial charge in [-0.1, -0.05) is 36.8 Å². The summed E-state index contributed by atoms with van der Waals surface area (Å²) >= 11 is 1.39. The smallest absolute Gasteiger partial charge is 0.283 e. The van der Waals surface area contributed by atoms with E-state index in [4.69, 9.17) is 5.73 Å². The van der Waals surface area contributed by atoms with Gasteiger partial charge in [0.05, 0.1) is 5.56 Å². The standard InChI is InChI=1S/C16H16N4O2S/c1-2-3-4-13-19-20-14(17)12(15(22)18-16(20)23-13)9-10-5-7-11(21)8-6-10/h5-9H,2-4,17H2,1H3. The molecule has 0 spiro atoms. The minimum atomic E-state index is -0.389. The number of rotatable bonds is 4. The van der Waals surface area contributed by atoms with E-state index in [2.05, 4.69) is 17.0 Å². The highest BCUT2D eigenvalue weighted by Crippen LogP contribution is 2.20. The van der Waals surface area contributed by atoms with Crippen LogP contribution < -0.4 is 11.3 Å². The predicted octanol–water partition coefficient (Wildman–Crippen LogP) is 2.15. The van der Waals surface area contributed by atoms with Crippen LogP contribution in [0.4, 0.5) is 5.82 Å². The molecule has 0 radical (unpaired) electrons. The lowest BCUT2D eigenvalue weighted by atomic mass is 10.1. The van der Waals surface area contributed by atoms with E-state index in [1.807, 2.05) is 0 Å². The van der Waals surface area contributed by atoms with E-state index in [-0.39, 0.29) is 22.7 Å². The van der Waals surface area contributed by atoms with Crippen molar-refractivity contribution in [1.82, 2.24) is 14.6 Å². The zero-order valence-electron chi connectivity index (χ0n) is 12.7. The van der Waals surface area contributed by atoms with Crippen molar-refractivity contribution in [1.29, 1.82) is 0 Å². The first kappa shape index (κ1) is 15.4. The molecule has 0 saturated carbocycles. The molecule has 0 saturated heterocycles. The number of carbonyl (C=O) groups is 1. The number of aromatic nitrogens is 3. The Balaban J connectivity index is 2.06. The van der Waals surface area contributed by atoms with Crippen LogP contribution in [0.15, 0.2) is 34.7 Å². The van der Waals surface area contributed by atoms with Gasteiger partial charge in [-0.2, -0.15) is 14.6 Å². The molecule has 1 aliphatic carbocycles. The molecule has 0 atom stereocenters. The molecule has 2 N–H and O–H groups in total. The molecule has 0 amide bonds. The molecule has 118 valence electrons. The summed E-state index contributed by atoms with van der Waals surface area (Å²) in [7, 11) is 0. The SMILES string of the molecule is CCCCc1nn2c(N)c(C=C3C=CC(=O)C=C3)c(=O)nc2s1. The summed E-state index contributed by atoms with van der Waals surface area (Å²) in [5.41, 5.74) is 6.73. The lowest BCUT2D eigenvalue weighted by Gasteiger charge is -2.03. The van der Waals surface area contributed by atoms with Gasteiger partial charge in [0.15, 0.2) is 5.78 Å². The number of aryl methyl sites for hydroxylation is 1. The number of fused-ring (bicyclic) bond motifs is 1. The van der Waals surface area contributed by atoms with Crippen LogP contribution in [0, 0.1) is 0 Å². The maximum absolute atomic E-state index is 12.2. The number of hydrogen-bond donors (Lipinski definition) is 1.